The van der Waals surface area contributed by atoms with Gasteiger partial charge in [0.25, 0.3) is 0 Å². The molecule has 0 saturated carbocycles. The molecule has 1 aromatic rings. The van der Waals surface area contributed by atoms with Crippen molar-refractivity contribution in [2.75, 3.05) is 26.8 Å². The number of thiazole rings is 1. The van der Waals surface area contributed by atoms with Crippen LogP contribution in [0.25, 0.3) is 0 Å². The van der Waals surface area contributed by atoms with E-state index in [9.17, 15) is 4.79 Å². The maximum absolute atomic E-state index is 10.8. The summed E-state index contributed by atoms with van der Waals surface area (Å²) < 4.78 is 5.08. The fourth-order valence-corrected chi connectivity index (χ4v) is 2.32. The number of hydrogen-bond donors (Lipinski definition) is 1. The van der Waals surface area contributed by atoms with Crippen LogP contribution in [0.2, 0.25) is 0 Å². The number of carboxylic acid groups (broad SMARTS) is 1. The molecule has 0 saturated heterocycles. The Kier molecular flexibility index (Phi) is 6.24. The van der Waals surface area contributed by atoms with Gasteiger partial charge in [0.15, 0.2) is 0 Å². The van der Waals surface area contributed by atoms with Gasteiger partial charge in [-0.3, -0.25) is 4.90 Å². The highest BCUT2D eigenvalue weighted by Gasteiger charge is 2.13. The van der Waals surface area contributed by atoms with Gasteiger partial charge in [-0.15, -0.1) is 11.3 Å². The molecule has 0 atom stereocenters. The maximum Gasteiger partial charge on any atom is 0.365 e. The minimum absolute atomic E-state index is 0.154. The van der Waals surface area contributed by atoms with E-state index in [1.54, 1.807) is 7.11 Å². The lowest BCUT2D eigenvalue weighted by molar-refractivity contribution is 0.0695. The number of aromatic nitrogens is 1. The van der Waals surface area contributed by atoms with Gasteiger partial charge in [-0.2, -0.15) is 0 Å². The van der Waals surface area contributed by atoms with Gasteiger partial charge in [0.2, 0.25) is 5.01 Å². The average molecular weight is 272 g/mol. The molecule has 0 spiro atoms. The lowest BCUT2D eigenvalue weighted by atomic mass is 10.2. The van der Waals surface area contributed by atoms with Gasteiger partial charge in [0.1, 0.15) is 0 Å². The average Bonchev–Trinajstić information content (AvgIpc) is 2.73. The molecule has 1 N–H and O–H groups in total. The van der Waals surface area contributed by atoms with E-state index in [0.29, 0.717) is 19.1 Å². The highest BCUT2D eigenvalue weighted by Crippen LogP contribution is 2.12. The molecule has 1 aromatic heterocycles. The molecule has 0 fully saturated rings. The number of nitrogens with zero attached hydrogens (tertiary/aromatic N) is 2. The van der Waals surface area contributed by atoms with Gasteiger partial charge in [-0.25, -0.2) is 9.78 Å². The summed E-state index contributed by atoms with van der Waals surface area (Å²) in [6, 6.07) is 0. The van der Waals surface area contributed by atoms with Crippen LogP contribution in [0.4, 0.5) is 0 Å². The fourth-order valence-electron chi connectivity index (χ4n) is 1.68. The number of carbonyl (C=O) groups is 1. The number of ether oxygens (including phenoxy) is 1. The lowest BCUT2D eigenvalue weighted by Gasteiger charge is -2.22. The summed E-state index contributed by atoms with van der Waals surface area (Å²) in [4.78, 5) is 17.1. The van der Waals surface area contributed by atoms with Crippen LogP contribution in [0.1, 0.15) is 29.3 Å². The molecular weight excluding hydrogens is 252 g/mol. The van der Waals surface area contributed by atoms with Crippen molar-refractivity contribution in [2.24, 2.45) is 5.92 Å². The predicted octanol–water partition coefficient (Wildman–Crippen LogP) is 1.95. The lowest BCUT2D eigenvalue weighted by Crippen LogP contribution is -2.30. The second-order valence-corrected chi connectivity index (χ2v) is 5.43. The van der Waals surface area contributed by atoms with Gasteiger partial charge in [0, 0.05) is 32.1 Å². The van der Waals surface area contributed by atoms with Crippen molar-refractivity contribution in [3.8, 4) is 0 Å². The zero-order chi connectivity index (χ0) is 13.5. The van der Waals surface area contributed by atoms with Gasteiger partial charge < -0.3 is 9.84 Å². The molecular formula is C12H20N2O3S. The van der Waals surface area contributed by atoms with Gasteiger partial charge >= 0.3 is 5.97 Å². The summed E-state index contributed by atoms with van der Waals surface area (Å²) >= 11 is 1.17. The van der Waals surface area contributed by atoms with Crippen LogP contribution in [-0.2, 0) is 11.3 Å². The first-order chi connectivity index (χ1) is 8.52. The van der Waals surface area contributed by atoms with Gasteiger partial charge in [-0.1, -0.05) is 13.8 Å². The largest absolute Gasteiger partial charge is 0.476 e. The van der Waals surface area contributed by atoms with Crippen molar-refractivity contribution in [2.45, 2.75) is 20.4 Å². The number of aromatic carboxylic acids is 1. The topological polar surface area (TPSA) is 62.7 Å². The number of hydrogen-bond acceptors (Lipinski definition) is 5. The van der Waals surface area contributed by atoms with E-state index in [1.807, 2.05) is 5.38 Å². The summed E-state index contributed by atoms with van der Waals surface area (Å²) in [6.07, 6.45) is 0. The highest BCUT2D eigenvalue weighted by molar-refractivity contribution is 7.11. The van der Waals surface area contributed by atoms with Crippen molar-refractivity contribution in [3.63, 3.8) is 0 Å². The van der Waals surface area contributed by atoms with E-state index >= 15 is 0 Å². The third kappa shape index (κ3) is 5.12. The smallest absolute Gasteiger partial charge is 0.365 e. The third-order valence-electron chi connectivity index (χ3n) is 2.36. The molecule has 0 radical (unpaired) electrons. The van der Waals surface area contributed by atoms with Crippen molar-refractivity contribution in [1.29, 1.82) is 0 Å². The number of rotatable bonds is 8. The summed E-state index contributed by atoms with van der Waals surface area (Å²) in [5.41, 5.74) is 0.814. The highest BCUT2D eigenvalue weighted by atomic mass is 32.1. The SMILES string of the molecule is COCCN(Cc1csc(C(=O)O)n1)CC(C)C. The zero-order valence-electron chi connectivity index (χ0n) is 11.0. The molecule has 18 heavy (non-hydrogen) atoms. The summed E-state index contributed by atoms with van der Waals surface area (Å²) in [5, 5.41) is 10.8. The quantitative estimate of drug-likeness (QED) is 0.783. The van der Waals surface area contributed by atoms with Crippen molar-refractivity contribution < 1.29 is 14.6 Å². The Bertz CT molecular complexity index is 379. The first-order valence-electron chi connectivity index (χ1n) is 5.92. The molecule has 0 aliphatic heterocycles. The molecule has 0 unspecified atom stereocenters. The van der Waals surface area contributed by atoms with Crippen molar-refractivity contribution in [1.82, 2.24) is 9.88 Å². The predicted molar refractivity (Wildman–Crippen MR) is 71.1 cm³/mol. The Morgan fingerprint density at radius 2 is 2.33 bits per heavy atom. The third-order valence-corrected chi connectivity index (χ3v) is 3.23. The van der Waals surface area contributed by atoms with E-state index in [2.05, 4.69) is 23.7 Å². The van der Waals surface area contributed by atoms with Crippen LogP contribution in [0.3, 0.4) is 0 Å². The normalized spacial score (nSPS) is 11.4. The maximum atomic E-state index is 10.8. The standard InChI is InChI=1S/C12H20N2O3S/c1-9(2)6-14(4-5-17-3)7-10-8-18-11(13-10)12(15)16/h8-9H,4-7H2,1-3H3,(H,15,16). The molecule has 6 heteroatoms. The molecule has 102 valence electrons. The molecule has 0 aliphatic carbocycles. The Morgan fingerprint density at radius 1 is 1.61 bits per heavy atom. The first kappa shape index (κ1) is 15.1. The summed E-state index contributed by atoms with van der Waals surface area (Å²) in [5.74, 6) is -0.405. The minimum atomic E-state index is -0.960. The second kappa shape index (κ2) is 7.45. The molecule has 0 aliphatic rings. The van der Waals surface area contributed by atoms with E-state index < -0.39 is 5.97 Å². The number of carboxylic acids is 1. The molecule has 0 amide bonds. The van der Waals surface area contributed by atoms with Crippen LogP contribution < -0.4 is 0 Å². The van der Waals surface area contributed by atoms with E-state index in [0.717, 1.165) is 18.8 Å². The van der Waals surface area contributed by atoms with Crippen molar-refractivity contribution >= 4 is 17.3 Å². The van der Waals surface area contributed by atoms with Crippen LogP contribution in [0.15, 0.2) is 5.38 Å². The van der Waals surface area contributed by atoms with Crippen molar-refractivity contribution in [3.05, 3.63) is 16.1 Å². The Labute approximate surface area is 111 Å². The monoisotopic (exact) mass is 272 g/mol. The van der Waals surface area contributed by atoms with Crippen LogP contribution in [0, 0.1) is 5.92 Å². The first-order valence-corrected chi connectivity index (χ1v) is 6.80. The molecule has 1 rings (SSSR count). The van der Waals surface area contributed by atoms with Crippen LogP contribution >= 0.6 is 11.3 Å². The van der Waals surface area contributed by atoms with E-state index in [-0.39, 0.29) is 5.01 Å². The Balaban J connectivity index is 2.59. The fraction of sp³-hybridized carbons (Fsp3) is 0.667. The second-order valence-electron chi connectivity index (χ2n) is 4.57. The van der Waals surface area contributed by atoms with Gasteiger partial charge in [0.05, 0.1) is 12.3 Å². The Morgan fingerprint density at radius 3 is 2.83 bits per heavy atom. The molecule has 5 nitrogen and oxygen atoms in total. The van der Waals surface area contributed by atoms with Gasteiger partial charge in [-0.05, 0) is 5.92 Å². The summed E-state index contributed by atoms with van der Waals surface area (Å²) in [7, 11) is 1.68. The van der Waals surface area contributed by atoms with E-state index in [1.165, 1.54) is 11.3 Å². The zero-order valence-corrected chi connectivity index (χ0v) is 11.9. The van der Waals surface area contributed by atoms with Crippen LogP contribution in [-0.4, -0.2) is 47.8 Å². The molecule has 1 heterocycles. The number of methoxy groups -OCH3 is 1. The Hall–Kier alpha value is -0.980. The molecule has 0 aromatic carbocycles. The van der Waals surface area contributed by atoms with E-state index in [4.69, 9.17) is 9.84 Å². The van der Waals surface area contributed by atoms with Crippen LogP contribution in [0.5, 0.6) is 0 Å². The molecule has 0 bridgehead atoms. The minimum Gasteiger partial charge on any atom is -0.476 e. The summed E-state index contributed by atoms with van der Waals surface area (Å²) in [6.45, 7) is 7.43.